The molecular weight excluding hydrogens is 218 g/mol. The van der Waals surface area contributed by atoms with Crippen LogP contribution < -0.4 is 5.32 Å². The minimum absolute atomic E-state index is 0.946. The van der Waals surface area contributed by atoms with Crippen molar-refractivity contribution in [1.82, 2.24) is 15.2 Å². The Kier molecular flexibility index (Phi) is 4.75. The fourth-order valence-electron chi connectivity index (χ4n) is 2.16. The Morgan fingerprint density at radius 1 is 1.38 bits per heavy atom. The van der Waals surface area contributed by atoms with E-state index < -0.39 is 0 Å². The van der Waals surface area contributed by atoms with Crippen molar-refractivity contribution in [2.24, 2.45) is 0 Å². The van der Waals surface area contributed by atoms with E-state index in [4.69, 9.17) is 0 Å². The quantitative estimate of drug-likeness (QED) is 0.850. The second kappa shape index (κ2) is 6.33. The molecule has 2 rings (SSSR count). The topological polar surface area (TPSA) is 28.2 Å². The van der Waals surface area contributed by atoms with Crippen molar-refractivity contribution in [1.29, 1.82) is 0 Å². The number of thiazole rings is 1. The SMILES string of the molecule is CNCc1cnc(CCN2CCCCC2)s1. The van der Waals surface area contributed by atoms with Gasteiger partial charge in [0, 0.05) is 30.6 Å². The van der Waals surface area contributed by atoms with E-state index in [0.717, 1.165) is 13.0 Å². The van der Waals surface area contributed by atoms with Crippen molar-refractivity contribution < 1.29 is 0 Å². The molecule has 1 aromatic heterocycles. The van der Waals surface area contributed by atoms with E-state index >= 15 is 0 Å². The maximum absolute atomic E-state index is 4.47. The Balaban J connectivity index is 1.75. The molecule has 1 aromatic rings. The first-order valence-corrected chi connectivity index (χ1v) is 7.00. The van der Waals surface area contributed by atoms with Gasteiger partial charge in [-0.1, -0.05) is 6.42 Å². The Labute approximate surface area is 102 Å². The van der Waals surface area contributed by atoms with Gasteiger partial charge in [0.1, 0.15) is 0 Å². The smallest absolute Gasteiger partial charge is 0.0940 e. The van der Waals surface area contributed by atoms with Gasteiger partial charge < -0.3 is 10.2 Å². The Morgan fingerprint density at radius 3 is 2.94 bits per heavy atom. The molecule has 0 aliphatic carbocycles. The summed E-state index contributed by atoms with van der Waals surface area (Å²) in [7, 11) is 1.98. The first kappa shape index (κ1) is 12.0. The lowest BCUT2D eigenvalue weighted by atomic mass is 10.1. The summed E-state index contributed by atoms with van der Waals surface area (Å²) in [4.78, 5) is 8.39. The van der Waals surface area contributed by atoms with E-state index in [1.54, 1.807) is 0 Å². The van der Waals surface area contributed by atoms with Gasteiger partial charge in [0.25, 0.3) is 0 Å². The highest BCUT2D eigenvalue weighted by Crippen LogP contribution is 2.15. The summed E-state index contributed by atoms with van der Waals surface area (Å²) >= 11 is 1.85. The molecule has 0 unspecified atom stereocenters. The number of nitrogens with one attached hydrogen (secondary N) is 1. The van der Waals surface area contributed by atoms with Gasteiger partial charge in [-0.25, -0.2) is 4.98 Å². The molecule has 0 atom stereocenters. The van der Waals surface area contributed by atoms with Crippen LogP contribution in [0.5, 0.6) is 0 Å². The molecule has 90 valence electrons. The van der Waals surface area contributed by atoms with Crippen LogP contribution in [0.1, 0.15) is 29.1 Å². The first-order chi connectivity index (χ1) is 7.88. The predicted octanol–water partition coefficient (Wildman–Crippen LogP) is 1.89. The average molecular weight is 239 g/mol. The number of hydrogen-bond donors (Lipinski definition) is 1. The van der Waals surface area contributed by atoms with E-state index in [0.29, 0.717) is 0 Å². The molecule has 1 fully saturated rings. The highest BCUT2D eigenvalue weighted by Gasteiger charge is 2.10. The molecule has 3 nitrogen and oxygen atoms in total. The maximum Gasteiger partial charge on any atom is 0.0940 e. The van der Waals surface area contributed by atoms with Crippen molar-refractivity contribution in [3.8, 4) is 0 Å². The molecule has 0 aromatic carbocycles. The van der Waals surface area contributed by atoms with Crippen molar-refractivity contribution in [3.63, 3.8) is 0 Å². The predicted molar refractivity (Wildman–Crippen MR) is 68.9 cm³/mol. The number of nitrogens with zero attached hydrogens (tertiary/aromatic N) is 2. The van der Waals surface area contributed by atoms with E-state index in [1.807, 2.05) is 24.6 Å². The molecule has 1 saturated heterocycles. The van der Waals surface area contributed by atoms with Gasteiger partial charge in [-0.2, -0.15) is 0 Å². The standard InChI is InChI=1S/C12H21N3S/c1-13-9-11-10-14-12(16-11)5-8-15-6-3-2-4-7-15/h10,13H,2-9H2,1H3. The lowest BCUT2D eigenvalue weighted by molar-refractivity contribution is 0.231. The van der Waals surface area contributed by atoms with Gasteiger partial charge >= 0.3 is 0 Å². The minimum Gasteiger partial charge on any atom is -0.315 e. The van der Waals surface area contributed by atoms with Gasteiger partial charge in [0.05, 0.1) is 5.01 Å². The summed E-state index contributed by atoms with van der Waals surface area (Å²) in [6.07, 6.45) is 7.30. The Hall–Kier alpha value is -0.450. The molecule has 0 saturated carbocycles. The molecule has 16 heavy (non-hydrogen) atoms. The van der Waals surface area contributed by atoms with Crippen molar-refractivity contribution >= 4 is 11.3 Å². The number of aromatic nitrogens is 1. The molecule has 1 aliphatic heterocycles. The van der Waals surface area contributed by atoms with Crippen LogP contribution in [0.15, 0.2) is 6.20 Å². The van der Waals surface area contributed by atoms with Gasteiger partial charge in [-0.05, 0) is 33.0 Å². The molecule has 0 spiro atoms. The number of piperidine rings is 1. The van der Waals surface area contributed by atoms with E-state index in [1.165, 1.54) is 48.8 Å². The number of hydrogen-bond acceptors (Lipinski definition) is 4. The molecule has 0 bridgehead atoms. The number of rotatable bonds is 5. The second-order valence-corrected chi connectivity index (χ2v) is 5.60. The fourth-order valence-corrected chi connectivity index (χ4v) is 3.08. The van der Waals surface area contributed by atoms with Crippen LogP contribution >= 0.6 is 11.3 Å². The van der Waals surface area contributed by atoms with Crippen LogP contribution in [0.2, 0.25) is 0 Å². The van der Waals surface area contributed by atoms with Crippen LogP contribution in [-0.2, 0) is 13.0 Å². The maximum atomic E-state index is 4.47. The van der Waals surface area contributed by atoms with Crippen LogP contribution in [0.4, 0.5) is 0 Å². The largest absolute Gasteiger partial charge is 0.315 e. The molecule has 4 heteroatoms. The van der Waals surface area contributed by atoms with Gasteiger partial charge in [-0.15, -0.1) is 11.3 Å². The van der Waals surface area contributed by atoms with Crippen LogP contribution in [-0.4, -0.2) is 36.6 Å². The Morgan fingerprint density at radius 2 is 2.19 bits per heavy atom. The monoisotopic (exact) mass is 239 g/mol. The third-order valence-corrected chi connectivity index (χ3v) is 4.10. The fraction of sp³-hybridized carbons (Fsp3) is 0.750. The second-order valence-electron chi connectivity index (χ2n) is 4.40. The third kappa shape index (κ3) is 3.54. The van der Waals surface area contributed by atoms with Crippen LogP contribution in [0.3, 0.4) is 0 Å². The van der Waals surface area contributed by atoms with Crippen LogP contribution in [0.25, 0.3) is 0 Å². The molecule has 0 amide bonds. The van der Waals surface area contributed by atoms with Crippen LogP contribution in [0, 0.1) is 0 Å². The number of likely N-dealkylation sites (tertiary alicyclic amines) is 1. The zero-order chi connectivity index (χ0) is 11.2. The summed E-state index contributed by atoms with van der Waals surface area (Å²) < 4.78 is 0. The normalized spacial score (nSPS) is 17.8. The summed E-state index contributed by atoms with van der Waals surface area (Å²) in [5.41, 5.74) is 0. The molecule has 1 aliphatic rings. The molecule has 1 N–H and O–H groups in total. The van der Waals surface area contributed by atoms with E-state index in [9.17, 15) is 0 Å². The Bertz CT molecular complexity index is 305. The summed E-state index contributed by atoms with van der Waals surface area (Å²) in [6, 6.07) is 0. The minimum atomic E-state index is 0.946. The van der Waals surface area contributed by atoms with Crippen molar-refractivity contribution in [2.75, 3.05) is 26.7 Å². The van der Waals surface area contributed by atoms with Gasteiger partial charge in [-0.3, -0.25) is 0 Å². The lowest BCUT2D eigenvalue weighted by Gasteiger charge is -2.25. The van der Waals surface area contributed by atoms with Crippen molar-refractivity contribution in [3.05, 3.63) is 16.1 Å². The van der Waals surface area contributed by atoms with E-state index in [-0.39, 0.29) is 0 Å². The highest BCUT2D eigenvalue weighted by atomic mass is 32.1. The third-order valence-electron chi connectivity index (χ3n) is 3.04. The lowest BCUT2D eigenvalue weighted by Crippen LogP contribution is -2.31. The molecule has 2 heterocycles. The van der Waals surface area contributed by atoms with Crippen molar-refractivity contribution in [2.45, 2.75) is 32.2 Å². The van der Waals surface area contributed by atoms with Gasteiger partial charge in [0.15, 0.2) is 0 Å². The zero-order valence-electron chi connectivity index (χ0n) is 10.0. The summed E-state index contributed by atoms with van der Waals surface area (Å²) in [5.74, 6) is 0. The summed E-state index contributed by atoms with van der Waals surface area (Å²) in [6.45, 7) is 4.71. The highest BCUT2D eigenvalue weighted by molar-refractivity contribution is 7.11. The van der Waals surface area contributed by atoms with E-state index in [2.05, 4.69) is 15.2 Å². The average Bonchev–Trinajstić information content (AvgIpc) is 2.76. The summed E-state index contributed by atoms with van der Waals surface area (Å²) in [5, 5.41) is 4.45. The van der Waals surface area contributed by atoms with Gasteiger partial charge in [0.2, 0.25) is 0 Å². The first-order valence-electron chi connectivity index (χ1n) is 6.19. The zero-order valence-corrected chi connectivity index (χ0v) is 10.9. The molecular formula is C12H21N3S. The molecule has 0 radical (unpaired) electrons.